The Morgan fingerprint density at radius 1 is 1.07 bits per heavy atom. The summed E-state index contributed by atoms with van der Waals surface area (Å²) in [5.41, 5.74) is 0.972. The van der Waals surface area contributed by atoms with Crippen LogP contribution in [0.1, 0.15) is 31.1 Å². The van der Waals surface area contributed by atoms with Crippen LogP contribution in [0.3, 0.4) is 0 Å². The number of likely N-dealkylation sites (N-methyl/N-ethyl adjacent to an activating group) is 1. The van der Waals surface area contributed by atoms with E-state index in [1.807, 2.05) is 13.8 Å². The molecule has 0 spiro atoms. The van der Waals surface area contributed by atoms with E-state index in [1.165, 1.54) is 4.90 Å². The van der Waals surface area contributed by atoms with Gasteiger partial charge in [-0.05, 0) is 38.6 Å². The third kappa shape index (κ3) is 4.53. The van der Waals surface area contributed by atoms with Gasteiger partial charge in [0.25, 0.3) is 11.8 Å². The number of hydrogen-bond acceptors (Lipinski definition) is 5. The van der Waals surface area contributed by atoms with Gasteiger partial charge in [-0.15, -0.1) is 0 Å². The molecule has 1 aromatic rings. The minimum atomic E-state index is -0.273. The van der Waals surface area contributed by atoms with E-state index in [1.54, 1.807) is 28.0 Å². The summed E-state index contributed by atoms with van der Waals surface area (Å²) < 4.78 is 5.52. The highest BCUT2D eigenvalue weighted by atomic mass is 16.5. The summed E-state index contributed by atoms with van der Waals surface area (Å²) in [6.45, 7) is 11.0. The molecule has 1 aromatic carbocycles. The molecule has 29 heavy (non-hydrogen) atoms. The predicted molar refractivity (Wildman–Crippen MR) is 110 cm³/mol. The topological polar surface area (TPSA) is 73.4 Å². The Hall–Kier alpha value is -2.61. The molecule has 8 heteroatoms. The van der Waals surface area contributed by atoms with Gasteiger partial charge in [0, 0.05) is 44.8 Å². The highest BCUT2D eigenvalue weighted by Gasteiger charge is 2.31. The first kappa shape index (κ1) is 21.1. The van der Waals surface area contributed by atoms with Gasteiger partial charge in [0.1, 0.15) is 12.3 Å². The Morgan fingerprint density at radius 2 is 1.76 bits per heavy atom. The van der Waals surface area contributed by atoms with E-state index in [0.29, 0.717) is 43.2 Å². The number of nitrogens with zero attached hydrogens (tertiary/aromatic N) is 4. The number of benzene rings is 1. The van der Waals surface area contributed by atoms with Crippen molar-refractivity contribution >= 4 is 23.4 Å². The van der Waals surface area contributed by atoms with Crippen molar-refractivity contribution in [2.75, 3.05) is 63.9 Å². The number of fused-ring (bicyclic) bond motifs is 1. The number of anilines is 1. The molecule has 3 amide bonds. The van der Waals surface area contributed by atoms with Gasteiger partial charge in [0.2, 0.25) is 5.91 Å². The van der Waals surface area contributed by atoms with Crippen molar-refractivity contribution in [1.29, 1.82) is 0 Å². The van der Waals surface area contributed by atoms with E-state index in [4.69, 9.17) is 4.74 Å². The van der Waals surface area contributed by atoms with E-state index >= 15 is 0 Å². The van der Waals surface area contributed by atoms with Gasteiger partial charge in [0.05, 0.1) is 5.69 Å². The molecule has 1 saturated heterocycles. The lowest BCUT2D eigenvalue weighted by atomic mass is 10.1. The van der Waals surface area contributed by atoms with Crippen molar-refractivity contribution in [3.8, 4) is 5.75 Å². The average Bonchev–Trinajstić information content (AvgIpc) is 2.76. The number of carbonyl (C=O) groups excluding carboxylic acids is 3. The van der Waals surface area contributed by atoms with Gasteiger partial charge >= 0.3 is 0 Å². The smallest absolute Gasteiger partial charge is 0.265 e. The lowest BCUT2D eigenvalue weighted by molar-refractivity contribution is -0.133. The molecule has 2 aliphatic heterocycles. The highest BCUT2D eigenvalue weighted by Crippen LogP contribution is 2.33. The number of ether oxygens (including phenoxy) is 1. The Labute approximate surface area is 172 Å². The van der Waals surface area contributed by atoms with Crippen molar-refractivity contribution in [2.45, 2.75) is 20.8 Å². The van der Waals surface area contributed by atoms with Crippen LogP contribution in [0.25, 0.3) is 0 Å². The molecule has 0 atom stereocenters. The molecule has 1 fully saturated rings. The van der Waals surface area contributed by atoms with Crippen molar-refractivity contribution in [1.82, 2.24) is 14.7 Å². The predicted octanol–water partition coefficient (Wildman–Crippen LogP) is 1.06. The summed E-state index contributed by atoms with van der Waals surface area (Å²) in [7, 11) is 0. The number of hydrogen-bond donors (Lipinski definition) is 0. The molecular weight excluding hydrogens is 372 g/mol. The van der Waals surface area contributed by atoms with Crippen LogP contribution in [0, 0.1) is 0 Å². The molecule has 0 radical (unpaired) electrons. The fourth-order valence-electron chi connectivity index (χ4n) is 3.75. The summed E-state index contributed by atoms with van der Waals surface area (Å²) in [6.07, 6.45) is 0. The normalized spacial score (nSPS) is 17.0. The van der Waals surface area contributed by atoms with E-state index in [-0.39, 0.29) is 30.9 Å². The summed E-state index contributed by atoms with van der Waals surface area (Å²) in [6, 6.07) is 5.07. The summed E-state index contributed by atoms with van der Waals surface area (Å²) in [4.78, 5) is 45.3. The second-order valence-electron chi connectivity index (χ2n) is 7.24. The minimum absolute atomic E-state index is 0.0375. The van der Waals surface area contributed by atoms with Crippen LogP contribution in [-0.4, -0.2) is 91.4 Å². The maximum Gasteiger partial charge on any atom is 0.265 e. The zero-order valence-corrected chi connectivity index (χ0v) is 17.5. The van der Waals surface area contributed by atoms with Gasteiger partial charge < -0.3 is 19.4 Å². The van der Waals surface area contributed by atoms with Gasteiger partial charge in [-0.25, -0.2) is 0 Å². The van der Waals surface area contributed by atoms with Crippen molar-refractivity contribution < 1.29 is 19.1 Å². The van der Waals surface area contributed by atoms with E-state index in [9.17, 15) is 14.4 Å². The molecular formula is C21H30N4O4. The second-order valence-corrected chi connectivity index (χ2v) is 7.24. The van der Waals surface area contributed by atoms with Crippen LogP contribution in [0.4, 0.5) is 5.69 Å². The number of rotatable bonds is 6. The maximum absolute atomic E-state index is 12.8. The van der Waals surface area contributed by atoms with Gasteiger partial charge in [0.15, 0.2) is 6.61 Å². The Morgan fingerprint density at radius 3 is 2.38 bits per heavy atom. The lowest BCUT2D eigenvalue weighted by Gasteiger charge is -2.36. The molecule has 2 aliphatic rings. The van der Waals surface area contributed by atoms with Crippen LogP contribution in [0.15, 0.2) is 18.2 Å². The number of piperazine rings is 1. The van der Waals surface area contributed by atoms with Crippen molar-refractivity contribution in [3.63, 3.8) is 0 Å². The molecule has 0 unspecified atom stereocenters. The fraction of sp³-hybridized carbons (Fsp3) is 0.571. The lowest BCUT2D eigenvalue weighted by Crippen LogP contribution is -2.52. The first-order chi connectivity index (χ1) is 14.0. The zero-order chi connectivity index (χ0) is 21.0. The SMILES string of the molecule is CCN1CCN(C(=O)CN2C(=O)COc3ccc(C(=O)N(CC)CC)cc32)CC1. The van der Waals surface area contributed by atoms with Crippen LogP contribution >= 0.6 is 0 Å². The monoisotopic (exact) mass is 402 g/mol. The van der Waals surface area contributed by atoms with Crippen LogP contribution in [0.2, 0.25) is 0 Å². The van der Waals surface area contributed by atoms with Gasteiger partial charge in [-0.3, -0.25) is 19.3 Å². The molecule has 3 rings (SSSR count). The molecule has 0 N–H and O–H groups in total. The van der Waals surface area contributed by atoms with Crippen LogP contribution < -0.4 is 9.64 Å². The largest absolute Gasteiger partial charge is 0.482 e. The van der Waals surface area contributed by atoms with Crippen LogP contribution in [-0.2, 0) is 9.59 Å². The summed E-state index contributed by atoms with van der Waals surface area (Å²) in [5.74, 6) is 0.0648. The van der Waals surface area contributed by atoms with E-state index in [2.05, 4.69) is 11.8 Å². The highest BCUT2D eigenvalue weighted by molar-refractivity contribution is 6.04. The third-order valence-corrected chi connectivity index (χ3v) is 5.67. The summed E-state index contributed by atoms with van der Waals surface area (Å²) in [5, 5.41) is 0. The van der Waals surface area contributed by atoms with E-state index in [0.717, 1.165) is 19.6 Å². The first-order valence-electron chi connectivity index (χ1n) is 10.3. The van der Waals surface area contributed by atoms with Gasteiger partial charge in [-0.2, -0.15) is 0 Å². The fourth-order valence-corrected chi connectivity index (χ4v) is 3.75. The Balaban J connectivity index is 1.78. The molecule has 158 valence electrons. The Kier molecular flexibility index (Phi) is 6.74. The first-order valence-corrected chi connectivity index (χ1v) is 10.3. The zero-order valence-electron chi connectivity index (χ0n) is 17.5. The van der Waals surface area contributed by atoms with Crippen molar-refractivity contribution in [3.05, 3.63) is 23.8 Å². The number of amides is 3. The van der Waals surface area contributed by atoms with E-state index < -0.39 is 0 Å². The third-order valence-electron chi connectivity index (χ3n) is 5.67. The molecule has 2 heterocycles. The average molecular weight is 402 g/mol. The van der Waals surface area contributed by atoms with Crippen LogP contribution in [0.5, 0.6) is 5.75 Å². The van der Waals surface area contributed by atoms with Gasteiger partial charge in [-0.1, -0.05) is 6.92 Å². The molecule has 8 nitrogen and oxygen atoms in total. The maximum atomic E-state index is 12.8. The quantitative estimate of drug-likeness (QED) is 0.711. The summed E-state index contributed by atoms with van der Waals surface area (Å²) >= 11 is 0. The van der Waals surface area contributed by atoms with Crippen molar-refractivity contribution in [2.24, 2.45) is 0 Å². The number of carbonyl (C=O) groups is 3. The molecule has 0 saturated carbocycles. The standard InChI is InChI=1S/C21H30N4O4/c1-4-22-9-11-24(12-10-22)19(26)14-25-17-13-16(21(28)23(5-2)6-3)7-8-18(17)29-15-20(25)27/h7-8,13H,4-6,9-12,14-15H2,1-3H3. The molecule has 0 aromatic heterocycles. The minimum Gasteiger partial charge on any atom is -0.482 e. The molecule has 0 bridgehead atoms. The second kappa shape index (κ2) is 9.26. The Bertz CT molecular complexity index is 770. The molecule has 0 aliphatic carbocycles.